The van der Waals surface area contributed by atoms with Crippen molar-refractivity contribution in [2.45, 2.75) is 123 Å². The molecular weight excluding hydrogens is 796 g/mol. The molecule has 0 unspecified atom stereocenters. The molecule has 4 heterocycles. The molecule has 0 bridgehead atoms. The smallest absolute Gasteiger partial charge is 0.271 e. The average molecular weight is 851 g/mol. The van der Waals surface area contributed by atoms with Crippen molar-refractivity contribution >= 4 is 41.0 Å². The van der Waals surface area contributed by atoms with Gasteiger partial charge in [-0.05, 0) is 74.9 Å². The predicted molar refractivity (Wildman–Crippen MR) is 228 cm³/mol. The number of nitrogens with one attached hydrogen (secondary N) is 2. The fraction of sp³-hybridized carbons (Fsp3) is 0.543. The number of carbonyl (C=O) groups excluding carboxylic acids is 4. The zero-order chi connectivity index (χ0) is 43.4. The molecule has 3 aliphatic heterocycles. The van der Waals surface area contributed by atoms with Gasteiger partial charge in [0.15, 0.2) is 0 Å². The van der Waals surface area contributed by atoms with Crippen molar-refractivity contribution < 1.29 is 28.7 Å². The molecule has 0 spiro atoms. The number of carbonyl (C=O) groups is 4. The Bertz CT molecular complexity index is 2230. The van der Waals surface area contributed by atoms with Crippen LogP contribution in [-0.4, -0.2) is 99.4 Å². The first-order valence-corrected chi connectivity index (χ1v) is 21.9. The predicted octanol–water partition coefficient (Wildman–Crippen LogP) is 5.91. The monoisotopic (exact) mass is 850 g/mol. The quantitative estimate of drug-likeness (QED) is 0.208. The lowest BCUT2D eigenvalue weighted by atomic mass is 9.49. The third-order valence-corrected chi connectivity index (χ3v) is 14.0. The van der Waals surface area contributed by atoms with Crippen LogP contribution in [0.2, 0.25) is 5.02 Å². The summed E-state index contributed by atoms with van der Waals surface area (Å²) in [5, 5.41) is 15.1. The maximum atomic E-state index is 13.5. The van der Waals surface area contributed by atoms with Crippen LogP contribution in [0.4, 0.5) is 5.82 Å². The summed E-state index contributed by atoms with van der Waals surface area (Å²) < 4.78 is 12.8. The third kappa shape index (κ3) is 8.26. The normalized spacial score (nSPS) is 25.6. The first kappa shape index (κ1) is 42.4. The first-order valence-electron chi connectivity index (χ1n) is 21.5. The topological polar surface area (TPSA) is 170 Å². The number of nitriles is 1. The van der Waals surface area contributed by atoms with Crippen LogP contribution in [0.25, 0.3) is 0 Å². The summed E-state index contributed by atoms with van der Waals surface area (Å²) in [5.74, 6) is 1.47. The number of rotatable bonds is 12. The van der Waals surface area contributed by atoms with Crippen molar-refractivity contribution in [3.8, 4) is 17.6 Å². The molecular formula is C46H55ClN8O6. The van der Waals surface area contributed by atoms with Crippen LogP contribution in [0.3, 0.4) is 0 Å². The van der Waals surface area contributed by atoms with Crippen molar-refractivity contribution in [3.05, 3.63) is 76.2 Å². The van der Waals surface area contributed by atoms with Crippen LogP contribution in [0.5, 0.6) is 11.5 Å². The Balaban J connectivity index is 0.787. The molecule has 15 heteroatoms. The zero-order valence-electron chi connectivity index (χ0n) is 35.7. The van der Waals surface area contributed by atoms with E-state index in [1.807, 2.05) is 12.1 Å². The van der Waals surface area contributed by atoms with Crippen molar-refractivity contribution in [1.29, 1.82) is 5.26 Å². The lowest BCUT2D eigenvalue weighted by molar-refractivity contribution is -0.164. The van der Waals surface area contributed by atoms with Gasteiger partial charge in [0.1, 0.15) is 47.3 Å². The fourth-order valence-electron chi connectivity index (χ4n) is 10.5. The van der Waals surface area contributed by atoms with Gasteiger partial charge in [-0.15, -0.1) is 0 Å². The van der Waals surface area contributed by atoms with E-state index in [9.17, 15) is 24.4 Å². The molecule has 2 aliphatic carbocycles. The van der Waals surface area contributed by atoms with E-state index in [1.165, 1.54) is 0 Å². The largest absolute Gasteiger partial charge is 0.490 e. The highest BCUT2D eigenvalue weighted by atomic mass is 35.5. The molecule has 1 aromatic heterocycles. The first-order chi connectivity index (χ1) is 29.0. The second kappa shape index (κ2) is 16.5. The highest BCUT2D eigenvalue weighted by molar-refractivity contribution is 6.31. The van der Waals surface area contributed by atoms with Gasteiger partial charge < -0.3 is 24.6 Å². The number of amides is 4. The molecule has 0 radical (unpaired) electrons. The number of anilines is 1. The Morgan fingerprint density at radius 1 is 1.00 bits per heavy atom. The number of hydrogen-bond donors (Lipinski definition) is 2. The summed E-state index contributed by atoms with van der Waals surface area (Å²) >= 11 is 6.25. The molecule has 2 saturated carbocycles. The molecule has 2 saturated heterocycles. The molecule has 5 aliphatic rings. The van der Waals surface area contributed by atoms with Crippen LogP contribution < -0.4 is 25.0 Å². The minimum absolute atomic E-state index is 0.0934. The fourth-order valence-corrected chi connectivity index (χ4v) is 10.8. The number of nitrogens with zero attached hydrogens (tertiary/aromatic N) is 6. The summed E-state index contributed by atoms with van der Waals surface area (Å²) in [6.07, 6.45) is 7.66. The zero-order valence-corrected chi connectivity index (χ0v) is 36.5. The molecule has 4 fully saturated rings. The molecule has 8 rings (SSSR count). The number of ether oxygens (including phenoxy) is 2. The minimum atomic E-state index is -0.635. The van der Waals surface area contributed by atoms with E-state index < -0.39 is 22.8 Å². The number of imide groups is 1. The van der Waals surface area contributed by atoms with E-state index in [4.69, 9.17) is 21.1 Å². The van der Waals surface area contributed by atoms with Gasteiger partial charge in [0.2, 0.25) is 11.8 Å². The van der Waals surface area contributed by atoms with Gasteiger partial charge >= 0.3 is 0 Å². The Kier molecular flexibility index (Phi) is 11.5. The molecule has 61 heavy (non-hydrogen) atoms. The van der Waals surface area contributed by atoms with Crippen LogP contribution in [0.15, 0.2) is 48.8 Å². The lowest BCUT2D eigenvalue weighted by Crippen LogP contribution is -2.74. The number of fused-ring (bicyclic) bond motifs is 1. The van der Waals surface area contributed by atoms with Gasteiger partial charge in [-0.3, -0.25) is 29.4 Å². The van der Waals surface area contributed by atoms with Crippen LogP contribution in [-0.2, 0) is 16.1 Å². The molecule has 1 atom stereocenters. The van der Waals surface area contributed by atoms with Crippen LogP contribution in [0.1, 0.15) is 112 Å². The molecule has 2 aromatic carbocycles. The molecule has 4 amide bonds. The summed E-state index contributed by atoms with van der Waals surface area (Å²) in [5.41, 5.74) is 1.30. The van der Waals surface area contributed by atoms with Crippen molar-refractivity contribution in [1.82, 2.24) is 30.4 Å². The Hall–Kier alpha value is -5.26. The van der Waals surface area contributed by atoms with E-state index in [-0.39, 0.29) is 48.1 Å². The molecule has 2 N–H and O–H groups in total. The Morgan fingerprint density at radius 3 is 2.34 bits per heavy atom. The van der Waals surface area contributed by atoms with Crippen LogP contribution in [0, 0.1) is 28.1 Å². The SMILES string of the molecule is CC(C)N(CC1CCN(c2cnc(C(=O)NC3C(C)(C)C(Oc4ccc(C#N)c(Cl)c4)C3(C)C)cn2)CC1)C1CC(Oc2ccc3c(c2)CN([C@@H]2CCC(=O)NC2=O)C3=O)C1. The third-order valence-electron chi connectivity index (χ3n) is 13.7. The molecule has 14 nitrogen and oxygen atoms in total. The second-order valence-corrected chi connectivity index (χ2v) is 19.3. The van der Waals surface area contributed by atoms with Crippen molar-refractivity contribution in [2.24, 2.45) is 16.7 Å². The van der Waals surface area contributed by atoms with E-state index in [1.54, 1.807) is 41.6 Å². The summed E-state index contributed by atoms with van der Waals surface area (Å²) in [6, 6.07) is 12.7. The number of aromatic nitrogens is 2. The van der Waals surface area contributed by atoms with E-state index >= 15 is 0 Å². The van der Waals surface area contributed by atoms with E-state index in [0.717, 1.165) is 62.4 Å². The number of benzene rings is 2. The number of halogens is 1. The minimum Gasteiger partial charge on any atom is -0.490 e. The maximum absolute atomic E-state index is 13.5. The second-order valence-electron chi connectivity index (χ2n) is 18.9. The van der Waals surface area contributed by atoms with Crippen molar-refractivity contribution in [3.63, 3.8) is 0 Å². The van der Waals surface area contributed by atoms with Gasteiger partial charge in [-0.1, -0.05) is 39.3 Å². The van der Waals surface area contributed by atoms with Crippen molar-refractivity contribution in [2.75, 3.05) is 24.5 Å². The van der Waals surface area contributed by atoms with Gasteiger partial charge in [0.05, 0.1) is 23.0 Å². The maximum Gasteiger partial charge on any atom is 0.271 e. The highest BCUT2D eigenvalue weighted by Crippen LogP contribution is 2.55. The Labute approximate surface area is 362 Å². The molecule has 3 aromatic rings. The molecule has 322 valence electrons. The summed E-state index contributed by atoms with van der Waals surface area (Å²) in [4.78, 5) is 66.3. The van der Waals surface area contributed by atoms with Gasteiger partial charge in [0.25, 0.3) is 11.8 Å². The highest BCUT2D eigenvalue weighted by Gasteiger charge is 2.64. The lowest BCUT2D eigenvalue weighted by Gasteiger charge is -2.63. The number of hydrogen-bond acceptors (Lipinski definition) is 11. The van der Waals surface area contributed by atoms with Gasteiger partial charge in [-0.2, -0.15) is 5.26 Å². The standard InChI is InChI=1S/C46H55ClN8O6/c1-26(2)54(30-18-33(19-30)60-31-9-10-34-29(17-31)25-55(42(34)59)37-11-12-39(56)51-41(37)58)24-27-13-15-53(16-14-27)38-23-49-36(22-50-38)40(57)52-43-45(3,4)44(46(43,5)6)61-32-8-7-28(21-48)35(47)20-32/h7-10,17,20,22-23,26-27,30,33,37,43-44H,11-16,18-19,24-25H2,1-6H3,(H,52,57)(H,51,56,58)/t30?,33?,37-,43?,44?/m1/s1. The van der Waals surface area contributed by atoms with Gasteiger partial charge in [0, 0.05) is 86.0 Å². The van der Waals surface area contributed by atoms with E-state index in [0.29, 0.717) is 52.9 Å². The van der Waals surface area contributed by atoms with Gasteiger partial charge in [-0.25, -0.2) is 9.97 Å². The average Bonchev–Trinajstić information content (AvgIpc) is 3.54. The number of piperidine rings is 2. The Morgan fingerprint density at radius 2 is 1.70 bits per heavy atom. The summed E-state index contributed by atoms with van der Waals surface area (Å²) in [7, 11) is 0. The van der Waals surface area contributed by atoms with E-state index in [2.05, 4.69) is 78.0 Å². The van der Waals surface area contributed by atoms with Crippen LogP contribution >= 0.6 is 11.6 Å². The summed E-state index contributed by atoms with van der Waals surface area (Å²) in [6.45, 7) is 15.9.